The average molecular weight is 668 g/mol. The third-order valence-electron chi connectivity index (χ3n) is 7.91. The van der Waals surface area contributed by atoms with Crippen LogP contribution in [-0.4, -0.2) is 114 Å². The fourth-order valence-electron chi connectivity index (χ4n) is 6.07. The molecule has 3 fully saturated rings. The van der Waals surface area contributed by atoms with Crippen molar-refractivity contribution in [1.82, 2.24) is 26.0 Å². The molecular formula is C36H61N9O3. The van der Waals surface area contributed by atoms with Gasteiger partial charge in [0.2, 0.25) is 5.95 Å². The zero-order chi connectivity index (χ0) is 34.6. The summed E-state index contributed by atoms with van der Waals surface area (Å²) in [6.45, 7) is 22.0. The van der Waals surface area contributed by atoms with Gasteiger partial charge in [-0.05, 0) is 71.7 Å². The molecule has 0 radical (unpaired) electrons. The van der Waals surface area contributed by atoms with E-state index in [-0.39, 0.29) is 19.8 Å². The highest BCUT2D eigenvalue weighted by molar-refractivity contribution is 5.95. The van der Waals surface area contributed by atoms with Crippen LogP contribution < -0.4 is 20.9 Å². The Labute approximate surface area is 289 Å². The Morgan fingerprint density at radius 3 is 2.23 bits per heavy atom. The summed E-state index contributed by atoms with van der Waals surface area (Å²) in [4.78, 5) is 23.8. The third kappa shape index (κ3) is 11.5. The highest BCUT2D eigenvalue weighted by atomic mass is 16.5. The van der Waals surface area contributed by atoms with E-state index in [4.69, 9.17) is 24.9 Å². The van der Waals surface area contributed by atoms with Gasteiger partial charge in [-0.25, -0.2) is 4.98 Å². The summed E-state index contributed by atoms with van der Waals surface area (Å²) in [5, 5.41) is 26.1. The number of nitrogens with zero attached hydrogens (tertiary/aromatic N) is 8. The van der Waals surface area contributed by atoms with E-state index in [1.807, 2.05) is 26.0 Å². The van der Waals surface area contributed by atoms with Crippen molar-refractivity contribution in [2.75, 3.05) is 80.7 Å². The minimum Gasteiger partial charge on any atom is -0.400 e. The number of benzene rings is 1. The molecule has 3 saturated heterocycles. The number of aryl methyl sites for hydroxylation is 1. The summed E-state index contributed by atoms with van der Waals surface area (Å²) in [6.07, 6.45) is 4.46. The molecule has 3 aromatic rings. The van der Waals surface area contributed by atoms with E-state index in [0.717, 1.165) is 100 Å². The van der Waals surface area contributed by atoms with Crippen molar-refractivity contribution >= 4 is 28.4 Å². The van der Waals surface area contributed by atoms with Gasteiger partial charge in [0.05, 0.1) is 28.9 Å². The van der Waals surface area contributed by atoms with Crippen LogP contribution in [0.25, 0.3) is 10.9 Å². The van der Waals surface area contributed by atoms with Gasteiger partial charge in [0, 0.05) is 96.5 Å². The molecule has 0 saturated carbocycles. The monoisotopic (exact) mass is 667 g/mol. The largest absolute Gasteiger partial charge is 0.400 e. The molecule has 268 valence electrons. The van der Waals surface area contributed by atoms with Crippen LogP contribution in [-0.2, 0) is 4.74 Å². The highest BCUT2D eigenvalue weighted by Crippen LogP contribution is 2.30. The predicted molar refractivity (Wildman–Crippen MR) is 198 cm³/mol. The number of nitriles is 1. The molecule has 2 atom stereocenters. The molecule has 0 bridgehead atoms. The summed E-state index contributed by atoms with van der Waals surface area (Å²) < 4.78 is 6.41. The number of hydrogen-bond donors (Lipinski definition) is 3. The summed E-state index contributed by atoms with van der Waals surface area (Å²) in [7, 11) is 1.00. The number of anilines is 3. The van der Waals surface area contributed by atoms with Crippen molar-refractivity contribution in [2.24, 2.45) is 0 Å². The first-order valence-electron chi connectivity index (χ1n) is 17.0. The maximum absolute atomic E-state index is 9.53. The number of aromatic nitrogens is 3. The first kappa shape index (κ1) is 40.6. The Kier molecular flexibility index (Phi) is 16.4. The van der Waals surface area contributed by atoms with Crippen LogP contribution in [0.5, 0.6) is 0 Å². The molecule has 48 heavy (non-hydrogen) atoms. The summed E-state index contributed by atoms with van der Waals surface area (Å²) in [5.74, 6) is 1.93. The van der Waals surface area contributed by atoms with E-state index < -0.39 is 5.60 Å². The number of pyridine rings is 1. The Hall–Kier alpha value is -3.60. The maximum atomic E-state index is 9.53. The number of ether oxygens (including phenoxy) is 1. The fraction of sp³-hybridized carbons (Fsp3) is 0.611. The minimum atomic E-state index is -0.500. The Morgan fingerprint density at radius 2 is 1.60 bits per heavy atom. The quantitative estimate of drug-likeness (QED) is 0.333. The Bertz CT molecular complexity index is 1430. The number of piperazine rings is 1. The number of morpholine rings is 1. The van der Waals surface area contributed by atoms with Gasteiger partial charge in [-0.2, -0.15) is 10.2 Å². The lowest BCUT2D eigenvalue weighted by Crippen LogP contribution is -2.54. The van der Waals surface area contributed by atoms with Crippen molar-refractivity contribution < 1.29 is 16.4 Å². The minimum absolute atomic E-state index is 0. The van der Waals surface area contributed by atoms with Gasteiger partial charge in [0.25, 0.3) is 0 Å². The van der Waals surface area contributed by atoms with E-state index in [0.29, 0.717) is 5.56 Å². The van der Waals surface area contributed by atoms with Crippen LogP contribution in [0, 0.1) is 18.3 Å². The van der Waals surface area contributed by atoms with Crippen molar-refractivity contribution in [3.05, 3.63) is 47.8 Å². The molecule has 3 aliphatic rings. The van der Waals surface area contributed by atoms with Crippen LogP contribution in [0.3, 0.4) is 0 Å². The van der Waals surface area contributed by atoms with Gasteiger partial charge in [0.1, 0.15) is 11.9 Å². The lowest BCUT2D eigenvalue weighted by Gasteiger charge is -2.42. The van der Waals surface area contributed by atoms with Crippen LogP contribution >= 0.6 is 0 Å². The van der Waals surface area contributed by atoms with Crippen molar-refractivity contribution in [3.63, 3.8) is 0 Å². The molecule has 2 aromatic heterocycles. The van der Waals surface area contributed by atoms with E-state index >= 15 is 0 Å². The second-order valence-corrected chi connectivity index (χ2v) is 12.9. The predicted octanol–water partition coefficient (Wildman–Crippen LogP) is 5.04. The second-order valence-electron chi connectivity index (χ2n) is 12.9. The lowest BCUT2D eigenvalue weighted by atomic mass is 10.1. The molecule has 0 unspecified atom stereocenters. The van der Waals surface area contributed by atoms with Gasteiger partial charge in [-0.15, -0.1) is 0 Å². The number of fused-ring (bicyclic) bond motifs is 1. The van der Waals surface area contributed by atoms with E-state index in [1.165, 1.54) is 12.8 Å². The fourth-order valence-corrected chi connectivity index (χ4v) is 6.07. The first-order valence-corrected chi connectivity index (χ1v) is 17.0. The molecule has 6 rings (SSSR count). The summed E-state index contributed by atoms with van der Waals surface area (Å²) >= 11 is 0. The molecule has 0 aliphatic carbocycles. The average Bonchev–Trinajstić information content (AvgIpc) is 3.61. The maximum Gasteiger partial charge on any atom is 0.227 e. The van der Waals surface area contributed by atoms with Crippen molar-refractivity contribution in [3.8, 4) is 6.07 Å². The standard InChI is InChI=1S/C29H36N8O.C4H10O.C2H6.CH4O.H3N.H2/c1-21-16-27(33-29(32-21)36-10-3-4-11-36)35-14-12-34(13-15-35)19-24-20-37(18-22(2)38-24)26-8-7-23(17-30)28-25(26)6-5-9-31-28;1-4(2,3)5;2*1-2;;/h5-9,16,22,24H,3-4,10-15,18-20H2,1-2H3;5H,1-3H3;1-2H3;2H,1H3;1H3;1H/t22-,24+;;;;;/m1...../s1. The third-order valence-corrected chi connectivity index (χ3v) is 7.91. The summed E-state index contributed by atoms with van der Waals surface area (Å²) in [6, 6.07) is 12.4. The zero-order valence-electron chi connectivity index (χ0n) is 30.5. The SMILES string of the molecule is CC.CC(C)(C)O.CO.Cc1cc(N2CCN(C[C@H]3CN(c4ccc(C#N)c5ncccc45)C[C@@H](C)O3)CC2)nc(N2CCCC2)n1.N.[HH]. The molecule has 5 N–H and O–H groups in total. The molecular weight excluding hydrogens is 606 g/mol. The normalized spacial score (nSPS) is 19.5. The van der Waals surface area contributed by atoms with E-state index in [2.05, 4.69) is 62.7 Å². The van der Waals surface area contributed by atoms with Crippen LogP contribution in [0.15, 0.2) is 36.5 Å². The molecule has 3 aliphatic heterocycles. The van der Waals surface area contributed by atoms with Gasteiger partial charge in [-0.1, -0.05) is 13.8 Å². The number of hydrogen-bond acceptors (Lipinski definition) is 12. The highest BCUT2D eigenvalue weighted by Gasteiger charge is 2.30. The molecule has 0 spiro atoms. The Balaban J connectivity index is 0.000000990. The topological polar surface area (TPSA) is 160 Å². The number of aliphatic hydroxyl groups is 2. The Morgan fingerprint density at radius 1 is 0.958 bits per heavy atom. The molecule has 12 nitrogen and oxygen atoms in total. The molecule has 1 aromatic carbocycles. The van der Waals surface area contributed by atoms with Crippen molar-refractivity contribution in [2.45, 2.75) is 79.1 Å². The summed E-state index contributed by atoms with van der Waals surface area (Å²) in [5.41, 5.74) is 3.05. The van der Waals surface area contributed by atoms with Gasteiger partial charge < -0.3 is 35.8 Å². The number of rotatable bonds is 5. The first-order chi connectivity index (χ1) is 22.6. The molecule has 5 heterocycles. The zero-order valence-corrected chi connectivity index (χ0v) is 30.5. The molecule has 0 amide bonds. The van der Waals surface area contributed by atoms with E-state index in [9.17, 15) is 5.26 Å². The smallest absolute Gasteiger partial charge is 0.227 e. The van der Waals surface area contributed by atoms with Gasteiger partial charge in [-0.3, -0.25) is 9.88 Å². The number of aliphatic hydroxyl groups excluding tert-OH is 1. The van der Waals surface area contributed by atoms with E-state index in [1.54, 1.807) is 27.0 Å². The van der Waals surface area contributed by atoms with Crippen LogP contribution in [0.1, 0.15) is 67.1 Å². The lowest BCUT2D eigenvalue weighted by molar-refractivity contribution is -0.0327. The second kappa shape index (κ2) is 19.4. The van der Waals surface area contributed by atoms with Crippen LogP contribution in [0.4, 0.5) is 17.5 Å². The van der Waals surface area contributed by atoms with Gasteiger partial charge >= 0.3 is 0 Å². The van der Waals surface area contributed by atoms with Gasteiger partial charge in [0.15, 0.2) is 0 Å². The van der Waals surface area contributed by atoms with Crippen LogP contribution in [0.2, 0.25) is 0 Å². The van der Waals surface area contributed by atoms with Crippen molar-refractivity contribution in [1.29, 1.82) is 5.26 Å². The molecule has 12 heteroatoms.